The van der Waals surface area contributed by atoms with Crippen molar-refractivity contribution in [3.05, 3.63) is 35.9 Å². The third-order valence-corrected chi connectivity index (χ3v) is 4.21. The second-order valence-electron chi connectivity index (χ2n) is 6.24. The molecular formula is C16H26N2. The van der Waals surface area contributed by atoms with Gasteiger partial charge < -0.3 is 5.73 Å². The molecule has 2 nitrogen and oxygen atoms in total. The smallest absolute Gasteiger partial charge is 0.0510 e. The summed E-state index contributed by atoms with van der Waals surface area (Å²) in [6.45, 7) is 8.94. The molecule has 2 heteroatoms. The lowest BCUT2D eigenvalue weighted by atomic mass is 9.89. The topological polar surface area (TPSA) is 29.3 Å². The summed E-state index contributed by atoms with van der Waals surface area (Å²) < 4.78 is 0. The van der Waals surface area contributed by atoms with E-state index in [1.54, 1.807) is 0 Å². The Kier molecular flexibility index (Phi) is 4.08. The van der Waals surface area contributed by atoms with Gasteiger partial charge >= 0.3 is 0 Å². The van der Waals surface area contributed by atoms with Gasteiger partial charge in [-0.1, -0.05) is 37.3 Å². The van der Waals surface area contributed by atoms with Crippen molar-refractivity contribution in [3.8, 4) is 0 Å². The maximum atomic E-state index is 6.53. The summed E-state index contributed by atoms with van der Waals surface area (Å²) in [5.74, 6) is 0.799. The summed E-state index contributed by atoms with van der Waals surface area (Å²) in [5, 5.41) is 0. The van der Waals surface area contributed by atoms with Gasteiger partial charge in [-0.3, -0.25) is 4.90 Å². The van der Waals surface area contributed by atoms with Crippen molar-refractivity contribution in [2.24, 2.45) is 11.7 Å². The lowest BCUT2D eigenvalue weighted by Gasteiger charge is -2.41. The van der Waals surface area contributed by atoms with Gasteiger partial charge in [-0.2, -0.15) is 0 Å². The maximum absolute atomic E-state index is 6.53. The van der Waals surface area contributed by atoms with Crippen LogP contribution in [0.15, 0.2) is 30.3 Å². The largest absolute Gasteiger partial charge is 0.321 e. The van der Waals surface area contributed by atoms with E-state index in [0.717, 1.165) is 12.5 Å². The number of rotatable bonds is 3. The molecule has 3 unspecified atom stereocenters. The van der Waals surface area contributed by atoms with Crippen LogP contribution in [0.3, 0.4) is 0 Å². The Labute approximate surface area is 111 Å². The van der Waals surface area contributed by atoms with E-state index < -0.39 is 0 Å². The molecule has 18 heavy (non-hydrogen) atoms. The highest BCUT2D eigenvalue weighted by Gasteiger charge is 2.30. The van der Waals surface area contributed by atoms with Gasteiger partial charge in [0.2, 0.25) is 0 Å². The van der Waals surface area contributed by atoms with E-state index >= 15 is 0 Å². The Morgan fingerprint density at radius 2 is 1.89 bits per heavy atom. The summed E-state index contributed by atoms with van der Waals surface area (Å²) >= 11 is 0. The molecule has 3 atom stereocenters. The molecule has 1 aromatic rings. The molecule has 0 aliphatic carbocycles. The molecule has 1 aliphatic rings. The molecule has 1 aliphatic heterocycles. The SMILES string of the molecule is CC1CCC(C)N(CC(C)(N)c2ccccc2)C1. The monoisotopic (exact) mass is 246 g/mol. The van der Waals surface area contributed by atoms with Gasteiger partial charge in [0, 0.05) is 19.1 Å². The molecule has 0 spiro atoms. The molecule has 0 saturated carbocycles. The Morgan fingerprint density at radius 1 is 1.22 bits per heavy atom. The minimum Gasteiger partial charge on any atom is -0.321 e. The van der Waals surface area contributed by atoms with Gasteiger partial charge in [0.1, 0.15) is 0 Å². The highest BCUT2D eigenvalue weighted by atomic mass is 15.2. The molecule has 1 heterocycles. The number of hydrogen-bond acceptors (Lipinski definition) is 2. The first-order chi connectivity index (χ1) is 8.49. The molecule has 0 aromatic heterocycles. The highest BCUT2D eigenvalue weighted by Crippen LogP contribution is 2.26. The van der Waals surface area contributed by atoms with Crippen LogP contribution in [0.2, 0.25) is 0 Å². The fourth-order valence-electron chi connectivity index (χ4n) is 2.93. The van der Waals surface area contributed by atoms with Crippen molar-refractivity contribution in [2.45, 2.75) is 45.2 Å². The van der Waals surface area contributed by atoms with Crippen molar-refractivity contribution in [2.75, 3.05) is 13.1 Å². The maximum Gasteiger partial charge on any atom is 0.0510 e. The average Bonchev–Trinajstić information content (AvgIpc) is 2.35. The molecule has 100 valence electrons. The Balaban J connectivity index is 2.07. The van der Waals surface area contributed by atoms with Crippen LogP contribution < -0.4 is 5.73 Å². The van der Waals surface area contributed by atoms with Crippen molar-refractivity contribution < 1.29 is 0 Å². The van der Waals surface area contributed by atoms with E-state index in [0.29, 0.717) is 6.04 Å². The molecule has 1 aromatic carbocycles. The first-order valence-electron chi connectivity index (χ1n) is 7.07. The van der Waals surface area contributed by atoms with E-state index in [4.69, 9.17) is 5.73 Å². The second-order valence-corrected chi connectivity index (χ2v) is 6.24. The van der Waals surface area contributed by atoms with Gasteiger partial charge in [-0.15, -0.1) is 0 Å². The van der Waals surface area contributed by atoms with Crippen LogP contribution in [-0.2, 0) is 5.54 Å². The molecule has 0 amide bonds. The van der Waals surface area contributed by atoms with Crippen molar-refractivity contribution in [1.82, 2.24) is 4.90 Å². The van der Waals surface area contributed by atoms with Crippen LogP contribution in [0, 0.1) is 5.92 Å². The van der Waals surface area contributed by atoms with Crippen LogP contribution in [0.25, 0.3) is 0 Å². The van der Waals surface area contributed by atoms with E-state index in [1.165, 1.54) is 24.9 Å². The Hall–Kier alpha value is -0.860. The summed E-state index contributed by atoms with van der Waals surface area (Å²) in [5.41, 5.74) is 7.51. The number of nitrogens with two attached hydrogens (primary N) is 1. The van der Waals surface area contributed by atoms with Crippen LogP contribution in [-0.4, -0.2) is 24.0 Å². The second kappa shape index (κ2) is 5.41. The number of benzene rings is 1. The summed E-state index contributed by atoms with van der Waals surface area (Å²) in [6.07, 6.45) is 2.65. The van der Waals surface area contributed by atoms with Gasteiger partial charge in [-0.05, 0) is 38.2 Å². The van der Waals surface area contributed by atoms with E-state index in [2.05, 4.69) is 49.9 Å². The van der Waals surface area contributed by atoms with E-state index in [-0.39, 0.29) is 5.54 Å². The normalized spacial score (nSPS) is 28.9. The van der Waals surface area contributed by atoms with Gasteiger partial charge in [0.05, 0.1) is 5.54 Å². The third-order valence-electron chi connectivity index (χ3n) is 4.21. The molecule has 1 saturated heterocycles. The third kappa shape index (κ3) is 3.12. The fourth-order valence-corrected chi connectivity index (χ4v) is 2.93. The molecule has 0 bridgehead atoms. The van der Waals surface area contributed by atoms with Gasteiger partial charge in [-0.25, -0.2) is 0 Å². The average molecular weight is 246 g/mol. The molecule has 1 fully saturated rings. The van der Waals surface area contributed by atoms with Crippen LogP contribution in [0.5, 0.6) is 0 Å². The van der Waals surface area contributed by atoms with Gasteiger partial charge in [0.15, 0.2) is 0 Å². The number of likely N-dealkylation sites (tertiary alicyclic amines) is 1. The summed E-state index contributed by atoms with van der Waals surface area (Å²) in [6, 6.07) is 11.1. The molecular weight excluding hydrogens is 220 g/mol. The Bertz CT molecular complexity index is 372. The fraction of sp³-hybridized carbons (Fsp3) is 0.625. The van der Waals surface area contributed by atoms with Crippen LogP contribution in [0.1, 0.15) is 39.2 Å². The highest BCUT2D eigenvalue weighted by molar-refractivity contribution is 5.23. The number of hydrogen-bond donors (Lipinski definition) is 1. The van der Waals surface area contributed by atoms with E-state index in [9.17, 15) is 0 Å². The minimum absolute atomic E-state index is 0.257. The number of nitrogens with zero attached hydrogens (tertiary/aromatic N) is 1. The zero-order valence-electron chi connectivity index (χ0n) is 11.9. The van der Waals surface area contributed by atoms with Gasteiger partial charge in [0.25, 0.3) is 0 Å². The molecule has 2 N–H and O–H groups in total. The minimum atomic E-state index is -0.257. The van der Waals surface area contributed by atoms with Crippen LogP contribution >= 0.6 is 0 Å². The standard InChI is InChI=1S/C16H26N2/c1-13-9-10-14(2)18(11-13)12-16(3,17)15-7-5-4-6-8-15/h4-8,13-14H,9-12,17H2,1-3H3. The predicted molar refractivity (Wildman–Crippen MR) is 77.4 cm³/mol. The molecule has 0 radical (unpaired) electrons. The first kappa shape index (κ1) is 13.6. The number of piperidine rings is 1. The summed E-state index contributed by atoms with van der Waals surface area (Å²) in [7, 11) is 0. The van der Waals surface area contributed by atoms with Crippen molar-refractivity contribution in [3.63, 3.8) is 0 Å². The van der Waals surface area contributed by atoms with Crippen LogP contribution in [0.4, 0.5) is 0 Å². The predicted octanol–water partition coefficient (Wildman–Crippen LogP) is 2.98. The van der Waals surface area contributed by atoms with E-state index in [1.807, 2.05) is 6.07 Å². The lowest BCUT2D eigenvalue weighted by Crippen LogP contribution is -2.51. The van der Waals surface area contributed by atoms with Crippen molar-refractivity contribution in [1.29, 1.82) is 0 Å². The summed E-state index contributed by atoms with van der Waals surface area (Å²) in [4.78, 5) is 2.56. The lowest BCUT2D eigenvalue weighted by molar-refractivity contribution is 0.0991. The quantitative estimate of drug-likeness (QED) is 0.888. The van der Waals surface area contributed by atoms with Crippen molar-refractivity contribution >= 4 is 0 Å². The zero-order valence-corrected chi connectivity index (χ0v) is 11.9. The molecule has 2 rings (SSSR count). The first-order valence-corrected chi connectivity index (χ1v) is 7.07. The Morgan fingerprint density at radius 3 is 2.56 bits per heavy atom. The zero-order chi connectivity index (χ0) is 13.2.